The van der Waals surface area contributed by atoms with Crippen molar-refractivity contribution >= 4 is 0 Å². The second-order valence-electron chi connectivity index (χ2n) is 4.46. The van der Waals surface area contributed by atoms with Crippen molar-refractivity contribution < 1.29 is 13.2 Å². The predicted octanol–water partition coefficient (Wildman–Crippen LogP) is 2.66. The quantitative estimate of drug-likeness (QED) is 0.913. The zero-order valence-corrected chi connectivity index (χ0v) is 9.33. The van der Waals surface area contributed by atoms with E-state index in [-0.39, 0.29) is 12.2 Å². The molecule has 18 heavy (non-hydrogen) atoms. The molecule has 2 aromatic rings. The number of pyridine rings is 1. The Labute approximate surface area is 101 Å². The Hall–Kier alpha value is -1.85. The average molecular weight is 253 g/mol. The van der Waals surface area contributed by atoms with Crippen LogP contribution in [-0.4, -0.2) is 20.9 Å². The summed E-state index contributed by atoms with van der Waals surface area (Å²) in [5, 5.41) is 0. The molecule has 0 bridgehead atoms. The summed E-state index contributed by atoms with van der Waals surface area (Å²) in [6, 6.07) is 1.56. The maximum atomic E-state index is 13.4. The summed E-state index contributed by atoms with van der Waals surface area (Å²) in [4.78, 5) is 10.4. The first kappa shape index (κ1) is 11.3. The van der Waals surface area contributed by atoms with Crippen molar-refractivity contribution in [2.45, 2.75) is 24.7 Å². The molecule has 1 saturated carbocycles. The Bertz CT molecular complexity index is 579. The van der Waals surface area contributed by atoms with E-state index in [0.717, 1.165) is 6.20 Å². The lowest BCUT2D eigenvalue weighted by atomic mass is 10.1. The number of imidazole rings is 1. The predicted molar refractivity (Wildman–Crippen MR) is 57.9 cm³/mol. The van der Waals surface area contributed by atoms with E-state index in [0.29, 0.717) is 17.7 Å². The van der Waals surface area contributed by atoms with Crippen LogP contribution in [0.2, 0.25) is 0 Å². The van der Waals surface area contributed by atoms with E-state index >= 15 is 0 Å². The zero-order chi connectivity index (χ0) is 12.8. The molecule has 2 aromatic heterocycles. The first-order valence-corrected chi connectivity index (χ1v) is 5.56. The molecular weight excluding hydrogens is 243 g/mol. The van der Waals surface area contributed by atoms with E-state index in [1.54, 1.807) is 6.07 Å². The fourth-order valence-electron chi connectivity index (χ4n) is 1.91. The highest BCUT2D eigenvalue weighted by atomic mass is 19.3. The van der Waals surface area contributed by atoms with Gasteiger partial charge < -0.3 is 4.98 Å². The summed E-state index contributed by atoms with van der Waals surface area (Å²) in [5.41, 5.74) is 1.08. The van der Waals surface area contributed by atoms with Crippen molar-refractivity contribution in [2.75, 3.05) is 0 Å². The number of H-pyrrole nitrogens is 1. The van der Waals surface area contributed by atoms with Gasteiger partial charge >= 0.3 is 0 Å². The molecule has 1 aliphatic carbocycles. The topological polar surface area (TPSA) is 41.6 Å². The third-order valence-corrected chi connectivity index (χ3v) is 3.04. The molecule has 3 nitrogen and oxygen atoms in total. The molecule has 0 spiro atoms. The van der Waals surface area contributed by atoms with E-state index in [2.05, 4.69) is 15.0 Å². The Kier molecular flexibility index (Phi) is 2.39. The lowest BCUT2D eigenvalue weighted by Crippen LogP contribution is -1.96. The van der Waals surface area contributed by atoms with E-state index in [1.165, 1.54) is 12.4 Å². The van der Waals surface area contributed by atoms with Crippen LogP contribution < -0.4 is 0 Å². The second-order valence-corrected chi connectivity index (χ2v) is 4.46. The number of halogens is 3. The molecule has 3 rings (SSSR count). The minimum Gasteiger partial charge on any atom is -0.345 e. The third kappa shape index (κ3) is 1.98. The lowest BCUT2D eigenvalue weighted by Gasteiger charge is -1.99. The van der Waals surface area contributed by atoms with Crippen LogP contribution in [0.3, 0.4) is 0 Å². The largest absolute Gasteiger partial charge is 0.345 e. The van der Waals surface area contributed by atoms with Gasteiger partial charge in [0.25, 0.3) is 5.92 Å². The second kappa shape index (κ2) is 3.83. The van der Waals surface area contributed by atoms with Crippen LogP contribution in [0, 0.1) is 5.82 Å². The zero-order valence-electron chi connectivity index (χ0n) is 9.33. The van der Waals surface area contributed by atoms with Gasteiger partial charge in [0.15, 0.2) is 0 Å². The van der Waals surface area contributed by atoms with Crippen LogP contribution in [0.1, 0.15) is 29.4 Å². The Morgan fingerprint density at radius 2 is 2.17 bits per heavy atom. The maximum Gasteiger partial charge on any atom is 0.259 e. The van der Waals surface area contributed by atoms with Gasteiger partial charge in [0, 0.05) is 30.9 Å². The highest BCUT2D eigenvalue weighted by Gasteiger charge is 2.59. The van der Waals surface area contributed by atoms with E-state index in [1.807, 2.05) is 0 Å². The molecule has 0 radical (unpaired) electrons. The molecule has 2 heterocycles. The molecule has 1 unspecified atom stereocenters. The summed E-state index contributed by atoms with van der Waals surface area (Å²) in [6.07, 6.45) is 4.22. The Morgan fingerprint density at radius 3 is 2.83 bits per heavy atom. The molecule has 1 aliphatic rings. The number of rotatable bonds is 3. The van der Waals surface area contributed by atoms with Gasteiger partial charge in [-0.1, -0.05) is 0 Å². The molecule has 1 fully saturated rings. The first-order valence-electron chi connectivity index (χ1n) is 5.56. The third-order valence-electron chi connectivity index (χ3n) is 3.04. The molecule has 6 heteroatoms. The molecule has 0 saturated heterocycles. The van der Waals surface area contributed by atoms with Crippen molar-refractivity contribution in [1.29, 1.82) is 0 Å². The number of aromatic amines is 1. The number of nitrogens with zero attached hydrogens (tertiary/aromatic N) is 2. The number of nitrogens with one attached hydrogen (secondary N) is 1. The van der Waals surface area contributed by atoms with Gasteiger partial charge in [-0.05, 0) is 11.6 Å². The molecule has 1 N–H and O–H groups in total. The number of hydrogen-bond acceptors (Lipinski definition) is 2. The molecule has 94 valence electrons. The van der Waals surface area contributed by atoms with Crippen molar-refractivity contribution in [1.82, 2.24) is 15.0 Å². The van der Waals surface area contributed by atoms with Crippen molar-refractivity contribution in [3.63, 3.8) is 0 Å². The summed E-state index contributed by atoms with van der Waals surface area (Å²) < 4.78 is 39.1. The van der Waals surface area contributed by atoms with Gasteiger partial charge in [0.2, 0.25) is 0 Å². The minimum atomic E-state index is -2.64. The highest BCUT2D eigenvalue weighted by Crippen LogP contribution is 2.54. The van der Waals surface area contributed by atoms with Gasteiger partial charge in [-0.15, -0.1) is 0 Å². The standard InChI is InChI=1S/C12H10F3N3/c13-10-6-16-2-1-7(10)3-8-5-17-11(18-8)9-4-12(9,14)15/h1-2,5-6,9H,3-4H2,(H,17,18). The summed E-state index contributed by atoms with van der Waals surface area (Å²) >= 11 is 0. The minimum absolute atomic E-state index is 0.163. The monoisotopic (exact) mass is 253 g/mol. The van der Waals surface area contributed by atoms with Gasteiger partial charge in [-0.2, -0.15) is 0 Å². The van der Waals surface area contributed by atoms with Gasteiger partial charge in [-0.3, -0.25) is 4.98 Å². The summed E-state index contributed by atoms with van der Waals surface area (Å²) in [7, 11) is 0. The average Bonchev–Trinajstić information content (AvgIpc) is 2.75. The fourth-order valence-corrected chi connectivity index (χ4v) is 1.91. The molecular formula is C12H10F3N3. The van der Waals surface area contributed by atoms with E-state index < -0.39 is 17.7 Å². The van der Waals surface area contributed by atoms with Crippen molar-refractivity contribution in [3.8, 4) is 0 Å². The molecule has 0 aromatic carbocycles. The Balaban J connectivity index is 1.77. The van der Waals surface area contributed by atoms with E-state index in [4.69, 9.17) is 0 Å². The molecule has 1 atom stereocenters. The van der Waals surface area contributed by atoms with Crippen molar-refractivity contribution in [3.05, 3.63) is 47.6 Å². The van der Waals surface area contributed by atoms with Crippen LogP contribution in [0.5, 0.6) is 0 Å². The summed E-state index contributed by atoms with van der Waals surface area (Å²) in [6.45, 7) is 0. The van der Waals surface area contributed by atoms with Crippen LogP contribution in [0.15, 0.2) is 24.7 Å². The number of aromatic nitrogens is 3. The number of alkyl halides is 2. The van der Waals surface area contributed by atoms with Crippen LogP contribution >= 0.6 is 0 Å². The summed E-state index contributed by atoms with van der Waals surface area (Å²) in [5.74, 6) is -3.58. The van der Waals surface area contributed by atoms with Crippen LogP contribution in [0.4, 0.5) is 13.2 Å². The van der Waals surface area contributed by atoms with Crippen LogP contribution in [0.25, 0.3) is 0 Å². The van der Waals surface area contributed by atoms with Gasteiger partial charge in [0.05, 0.1) is 12.1 Å². The first-order chi connectivity index (χ1) is 8.56. The van der Waals surface area contributed by atoms with Gasteiger partial charge in [0.1, 0.15) is 11.6 Å². The van der Waals surface area contributed by atoms with Crippen LogP contribution in [-0.2, 0) is 6.42 Å². The normalized spacial score (nSPS) is 20.9. The highest BCUT2D eigenvalue weighted by molar-refractivity contribution is 5.23. The fraction of sp³-hybridized carbons (Fsp3) is 0.333. The van der Waals surface area contributed by atoms with E-state index in [9.17, 15) is 13.2 Å². The lowest BCUT2D eigenvalue weighted by molar-refractivity contribution is 0.111. The van der Waals surface area contributed by atoms with Crippen molar-refractivity contribution in [2.24, 2.45) is 0 Å². The van der Waals surface area contributed by atoms with Gasteiger partial charge in [-0.25, -0.2) is 18.2 Å². The maximum absolute atomic E-state index is 13.4. The molecule has 0 aliphatic heterocycles. The Morgan fingerprint density at radius 1 is 1.39 bits per heavy atom. The SMILES string of the molecule is Fc1cnccc1Cc1cnc(C2CC2(F)F)[nH]1. The number of hydrogen-bond donors (Lipinski definition) is 1. The molecule has 0 amide bonds. The smallest absolute Gasteiger partial charge is 0.259 e.